The summed E-state index contributed by atoms with van der Waals surface area (Å²) in [5.41, 5.74) is 1.23. The Balaban J connectivity index is 1.61. The fraction of sp³-hybridized carbons (Fsp3) is 0.211. The molecule has 1 N–H and O–H groups in total. The van der Waals surface area contributed by atoms with Crippen LogP contribution in [-0.4, -0.2) is 28.7 Å². The van der Waals surface area contributed by atoms with Gasteiger partial charge in [0, 0.05) is 12.0 Å². The Morgan fingerprint density at radius 3 is 2.57 bits per heavy atom. The summed E-state index contributed by atoms with van der Waals surface area (Å²) in [6.07, 6.45) is -0.470. The van der Waals surface area contributed by atoms with Gasteiger partial charge in [0.05, 0.1) is 26.3 Å². The molecule has 0 saturated carbocycles. The second kappa shape index (κ2) is 7.28. The molecule has 0 spiro atoms. The Hall–Kier alpha value is -2.28. The normalized spacial score (nSPS) is 20.9. The van der Waals surface area contributed by atoms with E-state index in [4.69, 9.17) is 39.5 Å². The van der Waals surface area contributed by atoms with Crippen LogP contribution < -0.4 is 5.32 Å². The van der Waals surface area contributed by atoms with Crippen LogP contribution in [0.2, 0.25) is 15.1 Å². The van der Waals surface area contributed by atoms with Crippen molar-refractivity contribution in [1.29, 1.82) is 0 Å². The van der Waals surface area contributed by atoms with Crippen LogP contribution in [0.1, 0.15) is 35.0 Å². The van der Waals surface area contributed by atoms with E-state index >= 15 is 0 Å². The number of esters is 1. The third-order valence-electron chi connectivity index (χ3n) is 4.74. The van der Waals surface area contributed by atoms with E-state index in [9.17, 15) is 14.4 Å². The standard InChI is InChI=1S/C19H13Cl3N2O4/c20-11-7-13(22)14(8-12(11)21)23-17(26)15-5-6-16(25)24(15)18-9-3-1-2-4-10(9)19(27)28-18/h1-4,7-8,15,18H,5-6H2,(H,23,26)/t15-,18?/m0/s1. The number of hydrogen-bond acceptors (Lipinski definition) is 4. The van der Waals surface area contributed by atoms with Crippen LogP contribution >= 0.6 is 34.8 Å². The predicted molar refractivity (Wildman–Crippen MR) is 105 cm³/mol. The summed E-state index contributed by atoms with van der Waals surface area (Å²) in [7, 11) is 0. The third-order valence-corrected chi connectivity index (χ3v) is 5.78. The average molecular weight is 440 g/mol. The monoisotopic (exact) mass is 438 g/mol. The number of amides is 2. The van der Waals surface area contributed by atoms with Crippen molar-refractivity contribution in [1.82, 2.24) is 4.90 Å². The number of fused-ring (bicyclic) bond motifs is 1. The van der Waals surface area contributed by atoms with Crippen molar-refractivity contribution in [2.45, 2.75) is 25.1 Å². The molecule has 0 bridgehead atoms. The maximum atomic E-state index is 12.9. The second-order valence-electron chi connectivity index (χ2n) is 6.44. The largest absolute Gasteiger partial charge is 0.433 e. The first-order valence-electron chi connectivity index (χ1n) is 8.43. The van der Waals surface area contributed by atoms with Crippen LogP contribution in [-0.2, 0) is 14.3 Å². The molecule has 0 aliphatic carbocycles. The molecule has 144 valence electrons. The minimum Gasteiger partial charge on any atom is -0.433 e. The number of anilines is 1. The quantitative estimate of drug-likeness (QED) is 0.566. The van der Waals surface area contributed by atoms with Crippen LogP contribution in [0.5, 0.6) is 0 Å². The number of hydrogen-bond donors (Lipinski definition) is 1. The minimum atomic E-state index is -0.932. The van der Waals surface area contributed by atoms with E-state index in [1.807, 2.05) is 0 Å². The zero-order valence-electron chi connectivity index (χ0n) is 14.2. The number of rotatable bonds is 3. The van der Waals surface area contributed by atoms with Gasteiger partial charge in [-0.1, -0.05) is 53.0 Å². The Morgan fingerprint density at radius 1 is 1.07 bits per heavy atom. The maximum Gasteiger partial charge on any atom is 0.340 e. The van der Waals surface area contributed by atoms with Gasteiger partial charge in [0.15, 0.2) is 0 Å². The van der Waals surface area contributed by atoms with E-state index < -0.39 is 24.1 Å². The summed E-state index contributed by atoms with van der Waals surface area (Å²) in [5.74, 6) is -1.24. The third kappa shape index (κ3) is 3.21. The first-order chi connectivity index (χ1) is 13.4. The number of ether oxygens (including phenoxy) is 1. The number of likely N-dealkylation sites (tertiary alicyclic amines) is 1. The molecule has 4 rings (SSSR count). The Morgan fingerprint density at radius 2 is 1.79 bits per heavy atom. The number of nitrogens with one attached hydrogen (secondary N) is 1. The number of nitrogens with zero attached hydrogens (tertiary/aromatic N) is 1. The van der Waals surface area contributed by atoms with Crippen LogP contribution in [0.3, 0.4) is 0 Å². The lowest BCUT2D eigenvalue weighted by atomic mass is 10.1. The fourth-order valence-electron chi connectivity index (χ4n) is 3.42. The van der Waals surface area contributed by atoms with E-state index in [2.05, 4.69) is 5.32 Å². The summed E-state index contributed by atoms with van der Waals surface area (Å²) in [4.78, 5) is 38.8. The zero-order chi connectivity index (χ0) is 20.0. The maximum absolute atomic E-state index is 12.9. The fourth-order valence-corrected chi connectivity index (χ4v) is 4.02. The van der Waals surface area contributed by atoms with Gasteiger partial charge in [-0.2, -0.15) is 0 Å². The highest BCUT2D eigenvalue weighted by molar-refractivity contribution is 6.44. The lowest BCUT2D eigenvalue weighted by Crippen LogP contribution is -2.43. The molecule has 2 atom stereocenters. The smallest absolute Gasteiger partial charge is 0.340 e. The summed E-state index contributed by atoms with van der Waals surface area (Å²) in [6.45, 7) is 0. The van der Waals surface area contributed by atoms with Crippen molar-refractivity contribution in [3.63, 3.8) is 0 Å². The molecule has 2 heterocycles. The summed E-state index contributed by atoms with van der Waals surface area (Å²) >= 11 is 18.0. The van der Waals surface area contributed by atoms with Gasteiger partial charge in [-0.05, 0) is 24.6 Å². The Labute approximate surface area is 175 Å². The van der Waals surface area contributed by atoms with E-state index in [1.54, 1.807) is 24.3 Å². The van der Waals surface area contributed by atoms with Crippen molar-refractivity contribution in [2.24, 2.45) is 0 Å². The zero-order valence-corrected chi connectivity index (χ0v) is 16.5. The molecule has 0 radical (unpaired) electrons. The summed E-state index contributed by atoms with van der Waals surface area (Å²) < 4.78 is 5.40. The van der Waals surface area contributed by atoms with Crippen LogP contribution in [0.25, 0.3) is 0 Å². The SMILES string of the molecule is O=C1OC(N2C(=O)CC[C@H]2C(=O)Nc2cc(Cl)c(Cl)cc2Cl)c2ccccc21. The minimum absolute atomic E-state index is 0.170. The number of carbonyl (C=O) groups excluding carboxylic acids is 3. The highest BCUT2D eigenvalue weighted by Gasteiger charge is 2.46. The highest BCUT2D eigenvalue weighted by atomic mass is 35.5. The van der Waals surface area contributed by atoms with Crippen LogP contribution in [0.15, 0.2) is 36.4 Å². The van der Waals surface area contributed by atoms with E-state index in [-0.39, 0.29) is 33.1 Å². The molecular weight excluding hydrogens is 427 g/mol. The van der Waals surface area contributed by atoms with Gasteiger partial charge < -0.3 is 10.1 Å². The number of carbonyl (C=O) groups is 3. The van der Waals surface area contributed by atoms with Gasteiger partial charge in [0.25, 0.3) is 0 Å². The second-order valence-corrected chi connectivity index (χ2v) is 7.66. The molecule has 2 aliphatic rings. The first kappa shape index (κ1) is 19.1. The summed E-state index contributed by atoms with van der Waals surface area (Å²) in [6, 6.07) is 8.85. The lowest BCUT2D eigenvalue weighted by Gasteiger charge is -2.29. The van der Waals surface area contributed by atoms with Crippen molar-refractivity contribution in [3.8, 4) is 0 Å². The lowest BCUT2D eigenvalue weighted by molar-refractivity contribution is -0.144. The molecule has 1 saturated heterocycles. The van der Waals surface area contributed by atoms with Crippen LogP contribution in [0, 0.1) is 0 Å². The molecule has 2 amide bonds. The summed E-state index contributed by atoms with van der Waals surface area (Å²) in [5, 5.41) is 3.40. The Kier molecular flexibility index (Phi) is 4.95. The average Bonchev–Trinajstić information content (AvgIpc) is 3.20. The van der Waals surface area contributed by atoms with Gasteiger partial charge in [-0.25, -0.2) is 4.79 Å². The van der Waals surface area contributed by atoms with Crippen molar-refractivity contribution in [3.05, 3.63) is 62.6 Å². The number of cyclic esters (lactones) is 1. The van der Waals surface area contributed by atoms with Crippen molar-refractivity contribution < 1.29 is 19.1 Å². The molecule has 28 heavy (non-hydrogen) atoms. The molecule has 1 fully saturated rings. The van der Waals surface area contributed by atoms with Gasteiger partial charge in [0.1, 0.15) is 6.04 Å². The topological polar surface area (TPSA) is 75.7 Å². The molecule has 2 aromatic rings. The van der Waals surface area contributed by atoms with E-state index in [0.717, 1.165) is 0 Å². The van der Waals surface area contributed by atoms with Crippen LogP contribution in [0.4, 0.5) is 5.69 Å². The molecule has 0 aromatic heterocycles. The van der Waals surface area contributed by atoms with Crippen molar-refractivity contribution in [2.75, 3.05) is 5.32 Å². The molecule has 1 unspecified atom stereocenters. The van der Waals surface area contributed by atoms with Gasteiger partial charge >= 0.3 is 5.97 Å². The molecule has 6 nitrogen and oxygen atoms in total. The van der Waals surface area contributed by atoms with Crippen molar-refractivity contribution >= 4 is 58.3 Å². The highest BCUT2D eigenvalue weighted by Crippen LogP contribution is 2.39. The van der Waals surface area contributed by atoms with E-state index in [1.165, 1.54) is 17.0 Å². The Bertz CT molecular complexity index is 1010. The molecule has 2 aliphatic heterocycles. The number of benzene rings is 2. The predicted octanol–water partition coefficient (Wildman–Crippen LogP) is 4.45. The molecule has 2 aromatic carbocycles. The van der Waals surface area contributed by atoms with Gasteiger partial charge in [-0.3, -0.25) is 14.5 Å². The first-order valence-corrected chi connectivity index (χ1v) is 9.56. The number of halogens is 3. The molecular formula is C19H13Cl3N2O4. The van der Waals surface area contributed by atoms with E-state index in [0.29, 0.717) is 17.5 Å². The molecule has 9 heteroatoms. The van der Waals surface area contributed by atoms with Gasteiger partial charge in [0.2, 0.25) is 18.0 Å². The van der Waals surface area contributed by atoms with Gasteiger partial charge in [-0.15, -0.1) is 0 Å².